The highest BCUT2D eigenvalue weighted by Crippen LogP contribution is 2.69. The van der Waals surface area contributed by atoms with Gasteiger partial charge in [-0.15, -0.1) is 0 Å². The van der Waals surface area contributed by atoms with Crippen molar-refractivity contribution < 1.29 is 9.53 Å². The second-order valence-electron chi connectivity index (χ2n) is 10.6. The summed E-state index contributed by atoms with van der Waals surface area (Å²) in [4.78, 5) is 11.9. The summed E-state index contributed by atoms with van der Waals surface area (Å²) in [5.74, 6) is 3.37. The summed E-state index contributed by atoms with van der Waals surface area (Å²) in [6, 6.07) is 0. The van der Waals surface area contributed by atoms with Crippen LogP contribution in [0, 0.1) is 34.5 Å². The molecule has 0 bridgehead atoms. The van der Waals surface area contributed by atoms with Gasteiger partial charge in [0.2, 0.25) is 0 Å². The molecule has 1 saturated heterocycles. The molecule has 1 aliphatic heterocycles. The van der Waals surface area contributed by atoms with E-state index in [0.717, 1.165) is 36.5 Å². The molecule has 0 N–H and O–H groups in total. The Hall–Kier alpha value is -0.790. The van der Waals surface area contributed by atoms with Crippen molar-refractivity contribution in [3.8, 4) is 0 Å². The van der Waals surface area contributed by atoms with Crippen molar-refractivity contribution >= 4 is 5.97 Å². The molecule has 1 heterocycles. The van der Waals surface area contributed by atoms with Gasteiger partial charge in [0.1, 0.15) is 5.60 Å². The lowest BCUT2D eigenvalue weighted by Crippen LogP contribution is -2.54. The Balaban J connectivity index is 1.49. The molecule has 4 fully saturated rings. The van der Waals surface area contributed by atoms with Crippen LogP contribution in [0.1, 0.15) is 85.0 Å². The SMILES string of the molecule is CC1CC[C@@]2(C)C(=CC[C@@H]3C2CC[C@@]2(C)C3CC[C@@]23CCC(=O)O3)C1. The quantitative estimate of drug-likeness (QED) is 0.419. The van der Waals surface area contributed by atoms with Gasteiger partial charge < -0.3 is 4.74 Å². The molecule has 0 radical (unpaired) electrons. The number of carbonyl (C=O) groups is 1. The molecule has 25 heavy (non-hydrogen) atoms. The van der Waals surface area contributed by atoms with Crippen LogP contribution >= 0.6 is 0 Å². The minimum Gasteiger partial charge on any atom is -0.458 e. The molecule has 0 aromatic carbocycles. The molecule has 7 atom stereocenters. The Bertz CT molecular complexity index is 636. The number of esters is 1. The van der Waals surface area contributed by atoms with Crippen LogP contribution in [-0.4, -0.2) is 11.6 Å². The number of fused-ring (bicyclic) bond motifs is 6. The molecule has 0 aromatic rings. The van der Waals surface area contributed by atoms with Crippen molar-refractivity contribution in [2.24, 2.45) is 34.5 Å². The summed E-state index contributed by atoms with van der Waals surface area (Å²) >= 11 is 0. The van der Waals surface area contributed by atoms with Crippen molar-refractivity contribution in [3.05, 3.63) is 11.6 Å². The first-order valence-corrected chi connectivity index (χ1v) is 10.8. The average molecular weight is 343 g/mol. The number of hydrogen-bond acceptors (Lipinski definition) is 2. The zero-order valence-electron chi connectivity index (χ0n) is 16.3. The number of allylic oxidation sites excluding steroid dienone is 2. The van der Waals surface area contributed by atoms with E-state index < -0.39 is 0 Å². The number of carbonyl (C=O) groups excluding carboxylic acids is 1. The molecule has 0 aromatic heterocycles. The molecule has 3 unspecified atom stereocenters. The van der Waals surface area contributed by atoms with Gasteiger partial charge in [-0.2, -0.15) is 0 Å². The number of rotatable bonds is 0. The third-order valence-corrected chi connectivity index (χ3v) is 9.68. The molecule has 4 aliphatic carbocycles. The van der Waals surface area contributed by atoms with E-state index in [1.54, 1.807) is 5.57 Å². The molecular formula is C23H34O2. The Labute approximate surface area is 152 Å². The fourth-order valence-electron chi connectivity index (χ4n) is 8.14. The van der Waals surface area contributed by atoms with Gasteiger partial charge in [0, 0.05) is 11.8 Å². The van der Waals surface area contributed by atoms with Crippen LogP contribution in [0.15, 0.2) is 11.6 Å². The second kappa shape index (κ2) is 5.14. The van der Waals surface area contributed by atoms with Crippen LogP contribution in [-0.2, 0) is 9.53 Å². The lowest BCUT2D eigenvalue weighted by Gasteiger charge is -2.59. The van der Waals surface area contributed by atoms with Crippen LogP contribution in [0.5, 0.6) is 0 Å². The standard InChI is InChI=1S/C23H34O2/c1-15-6-10-21(2)16(14-15)4-5-17-18(21)7-11-22(3)19(17)8-12-23(22)13-9-20(24)25-23/h4,15,17-19H,5-14H2,1-3H3/t15?,17-,18?,19?,21+,22+,23-/m1/s1. The summed E-state index contributed by atoms with van der Waals surface area (Å²) in [5.41, 5.74) is 2.35. The first-order chi connectivity index (χ1) is 11.9. The third kappa shape index (κ3) is 2.00. The lowest BCUT2D eigenvalue weighted by molar-refractivity contribution is -0.167. The van der Waals surface area contributed by atoms with Crippen molar-refractivity contribution in [1.29, 1.82) is 0 Å². The zero-order valence-corrected chi connectivity index (χ0v) is 16.3. The van der Waals surface area contributed by atoms with E-state index in [1.165, 1.54) is 44.9 Å². The fraction of sp³-hybridized carbons (Fsp3) is 0.870. The van der Waals surface area contributed by atoms with Gasteiger partial charge in [0.05, 0.1) is 0 Å². The molecule has 3 saturated carbocycles. The summed E-state index contributed by atoms with van der Waals surface area (Å²) < 4.78 is 6.05. The Kier molecular flexibility index (Phi) is 3.37. The molecule has 138 valence electrons. The van der Waals surface area contributed by atoms with Gasteiger partial charge in [-0.25, -0.2) is 0 Å². The molecule has 0 amide bonds. The van der Waals surface area contributed by atoms with E-state index in [2.05, 4.69) is 26.8 Å². The first kappa shape index (κ1) is 16.4. The monoisotopic (exact) mass is 342 g/mol. The second-order valence-corrected chi connectivity index (χ2v) is 10.6. The fourth-order valence-corrected chi connectivity index (χ4v) is 8.14. The molecule has 2 nitrogen and oxygen atoms in total. The van der Waals surface area contributed by atoms with Gasteiger partial charge >= 0.3 is 5.97 Å². The summed E-state index contributed by atoms with van der Waals surface area (Å²) in [6.07, 6.45) is 14.7. The highest BCUT2D eigenvalue weighted by Gasteiger charge is 2.66. The van der Waals surface area contributed by atoms with Crippen molar-refractivity contribution in [2.45, 2.75) is 90.6 Å². The van der Waals surface area contributed by atoms with Crippen LogP contribution < -0.4 is 0 Å². The highest BCUT2D eigenvalue weighted by atomic mass is 16.6. The van der Waals surface area contributed by atoms with E-state index in [4.69, 9.17) is 4.74 Å². The predicted molar refractivity (Wildman–Crippen MR) is 98.9 cm³/mol. The zero-order chi connectivity index (χ0) is 17.4. The number of ether oxygens (including phenoxy) is 1. The van der Waals surface area contributed by atoms with E-state index in [0.29, 0.717) is 11.8 Å². The maximum absolute atomic E-state index is 11.9. The van der Waals surface area contributed by atoms with Gasteiger partial charge in [-0.05, 0) is 86.9 Å². The summed E-state index contributed by atoms with van der Waals surface area (Å²) in [7, 11) is 0. The first-order valence-electron chi connectivity index (χ1n) is 10.8. The summed E-state index contributed by atoms with van der Waals surface area (Å²) in [6.45, 7) is 7.49. The predicted octanol–water partition coefficient (Wildman–Crippen LogP) is 5.66. The molecular weight excluding hydrogens is 308 g/mol. The minimum atomic E-state index is -0.119. The Morgan fingerprint density at radius 1 is 1.04 bits per heavy atom. The molecule has 5 rings (SSSR count). The van der Waals surface area contributed by atoms with E-state index in [-0.39, 0.29) is 17.0 Å². The van der Waals surface area contributed by atoms with E-state index >= 15 is 0 Å². The maximum Gasteiger partial charge on any atom is 0.306 e. The third-order valence-electron chi connectivity index (χ3n) is 9.68. The molecule has 2 heteroatoms. The minimum absolute atomic E-state index is 0.0584. The van der Waals surface area contributed by atoms with Crippen molar-refractivity contribution in [2.75, 3.05) is 0 Å². The van der Waals surface area contributed by atoms with Gasteiger partial charge in [-0.1, -0.05) is 32.4 Å². The molecule has 5 aliphatic rings. The van der Waals surface area contributed by atoms with E-state index in [9.17, 15) is 4.79 Å². The topological polar surface area (TPSA) is 26.3 Å². The average Bonchev–Trinajstić information content (AvgIpc) is 3.10. The van der Waals surface area contributed by atoms with Crippen LogP contribution in [0.25, 0.3) is 0 Å². The summed E-state index contributed by atoms with van der Waals surface area (Å²) in [5, 5.41) is 0. The lowest BCUT2D eigenvalue weighted by atomic mass is 9.46. The molecule has 1 spiro atoms. The van der Waals surface area contributed by atoms with Crippen molar-refractivity contribution in [3.63, 3.8) is 0 Å². The maximum atomic E-state index is 11.9. The highest BCUT2D eigenvalue weighted by molar-refractivity contribution is 5.72. The van der Waals surface area contributed by atoms with Gasteiger partial charge in [0.25, 0.3) is 0 Å². The van der Waals surface area contributed by atoms with Gasteiger partial charge in [0.15, 0.2) is 0 Å². The van der Waals surface area contributed by atoms with Gasteiger partial charge in [-0.3, -0.25) is 4.79 Å². The van der Waals surface area contributed by atoms with Crippen LogP contribution in [0.3, 0.4) is 0 Å². The smallest absolute Gasteiger partial charge is 0.306 e. The van der Waals surface area contributed by atoms with E-state index in [1.807, 2.05) is 0 Å². The Morgan fingerprint density at radius 3 is 2.60 bits per heavy atom. The van der Waals surface area contributed by atoms with Crippen molar-refractivity contribution in [1.82, 2.24) is 0 Å². The number of hydrogen-bond donors (Lipinski definition) is 0. The Morgan fingerprint density at radius 2 is 1.84 bits per heavy atom. The van der Waals surface area contributed by atoms with Crippen LogP contribution in [0.4, 0.5) is 0 Å². The normalized spacial score (nSPS) is 54.5. The van der Waals surface area contributed by atoms with Crippen LogP contribution in [0.2, 0.25) is 0 Å². The largest absolute Gasteiger partial charge is 0.458 e.